The molecular weight excluding hydrogens is 410 g/mol. The Labute approximate surface area is 193 Å². The molecule has 33 heavy (non-hydrogen) atoms. The third-order valence-electron chi connectivity index (χ3n) is 5.17. The van der Waals surface area contributed by atoms with Crippen molar-refractivity contribution < 1.29 is 9.59 Å². The zero-order valence-electron chi connectivity index (χ0n) is 18.1. The summed E-state index contributed by atoms with van der Waals surface area (Å²) in [7, 11) is 0. The Morgan fingerprint density at radius 2 is 0.939 bits per heavy atom. The zero-order chi connectivity index (χ0) is 22.9. The van der Waals surface area contributed by atoms with E-state index >= 15 is 0 Å². The van der Waals surface area contributed by atoms with Crippen molar-refractivity contribution in [2.75, 3.05) is 22.5 Å². The number of rotatable bonds is 8. The van der Waals surface area contributed by atoms with E-state index in [0.717, 1.165) is 30.0 Å². The maximum atomic E-state index is 12.2. The monoisotopic (exact) mass is 435 g/mol. The van der Waals surface area contributed by atoms with Gasteiger partial charge in [-0.3, -0.25) is 9.59 Å². The van der Waals surface area contributed by atoms with Crippen LogP contribution < -0.4 is 16.0 Å². The van der Waals surface area contributed by atoms with E-state index in [1.165, 1.54) is 5.56 Å². The predicted octanol–water partition coefficient (Wildman–Crippen LogP) is 5.85. The molecule has 0 fully saturated rings. The lowest BCUT2D eigenvalue weighted by atomic mass is 10.1. The van der Waals surface area contributed by atoms with Gasteiger partial charge in [-0.1, -0.05) is 48.5 Å². The first kappa shape index (κ1) is 21.8. The topological polar surface area (TPSA) is 70.2 Å². The second-order valence-corrected chi connectivity index (χ2v) is 7.59. The molecule has 0 aliphatic heterocycles. The minimum Gasteiger partial charge on any atom is -0.385 e. The minimum absolute atomic E-state index is 0.117. The number of anilines is 3. The lowest BCUT2D eigenvalue weighted by molar-refractivity contribution is 0.101. The molecule has 5 heteroatoms. The van der Waals surface area contributed by atoms with Gasteiger partial charge in [0.05, 0.1) is 0 Å². The number of nitrogens with one attached hydrogen (secondary N) is 3. The Balaban J connectivity index is 1.23. The second kappa shape index (κ2) is 10.8. The zero-order valence-corrected chi connectivity index (χ0v) is 18.1. The fraction of sp³-hybridized carbons (Fsp3) is 0.0714. The fourth-order valence-corrected chi connectivity index (χ4v) is 3.36. The highest BCUT2D eigenvalue weighted by molar-refractivity contribution is 6.04. The highest BCUT2D eigenvalue weighted by Gasteiger charge is 2.06. The third kappa shape index (κ3) is 6.31. The summed E-state index contributed by atoms with van der Waals surface area (Å²) < 4.78 is 0. The van der Waals surface area contributed by atoms with Crippen LogP contribution in [-0.4, -0.2) is 18.4 Å². The van der Waals surface area contributed by atoms with Crippen LogP contribution in [0.1, 0.15) is 26.3 Å². The molecule has 4 aromatic carbocycles. The van der Waals surface area contributed by atoms with Crippen LogP contribution in [0.3, 0.4) is 0 Å². The van der Waals surface area contributed by atoms with Crippen LogP contribution in [0.5, 0.6) is 0 Å². The summed E-state index contributed by atoms with van der Waals surface area (Å²) in [4.78, 5) is 24.5. The Bertz CT molecular complexity index is 1090. The summed E-state index contributed by atoms with van der Waals surface area (Å²) in [5.74, 6) is -0.242. The summed E-state index contributed by atoms with van der Waals surface area (Å²) in [5.41, 5.74) is 4.95. The molecule has 0 aliphatic carbocycles. The lowest BCUT2D eigenvalue weighted by Crippen LogP contribution is -2.12. The van der Waals surface area contributed by atoms with Gasteiger partial charge in [-0.05, 0) is 72.6 Å². The first-order valence-electron chi connectivity index (χ1n) is 10.8. The Morgan fingerprint density at radius 1 is 0.515 bits per heavy atom. The molecule has 0 unspecified atom stereocenters. The number of hydrogen-bond donors (Lipinski definition) is 3. The van der Waals surface area contributed by atoms with E-state index in [4.69, 9.17) is 0 Å². The number of benzene rings is 4. The molecule has 2 amide bonds. The van der Waals surface area contributed by atoms with Crippen molar-refractivity contribution in [2.24, 2.45) is 0 Å². The number of hydrogen-bond acceptors (Lipinski definition) is 3. The van der Waals surface area contributed by atoms with Crippen LogP contribution in [0.2, 0.25) is 0 Å². The average molecular weight is 436 g/mol. The summed E-state index contributed by atoms with van der Waals surface area (Å²) >= 11 is 0. The number of carbonyl (C=O) groups is 2. The van der Waals surface area contributed by atoms with Crippen molar-refractivity contribution in [3.63, 3.8) is 0 Å². The molecule has 0 atom stereocenters. The van der Waals surface area contributed by atoms with Gasteiger partial charge in [0.2, 0.25) is 0 Å². The first-order valence-corrected chi connectivity index (χ1v) is 10.8. The molecule has 0 bridgehead atoms. The number of amides is 2. The van der Waals surface area contributed by atoms with E-state index in [1.54, 1.807) is 24.3 Å². The summed E-state index contributed by atoms with van der Waals surface area (Å²) in [6, 6.07) is 33.8. The second-order valence-electron chi connectivity index (χ2n) is 7.59. The molecule has 5 nitrogen and oxygen atoms in total. The average Bonchev–Trinajstić information content (AvgIpc) is 2.87. The van der Waals surface area contributed by atoms with Gasteiger partial charge in [0.25, 0.3) is 11.8 Å². The summed E-state index contributed by atoms with van der Waals surface area (Å²) in [6.07, 6.45) is 0.847. The minimum atomic E-state index is -0.125. The van der Waals surface area contributed by atoms with Crippen molar-refractivity contribution in [2.45, 2.75) is 6.42 Å². The smallest absolute Gasteiger partial charge is 0.255 e. The van der Waals surface area contributed by atoms with Gasteiger partial charge >= 0.3 is 0 Å². The van der Waals surface area contributed by atoms with Crippen molar-refractivity contribution in [3.8, 4) is 0 Å². The van der Waals surface area contributed by atoms with E-state index in [2.05, 4.69) is 16.0 Å². The van der Waals surface area contributed by atoms with Crippen LogP contribution in [0.25, 0.3) is 0 Å². The van der Waals surface area contributed by atoms with E-state index in [9.17, 15) is 9.59 Å². The normalized spacial score (nSPS) is 10.3. The Morgan fingerprint density at radius 3 is 1.42 bits per heavy atom. The van der Waals surface area contributed by atoms with Crippen LogP contribution in [0.4, 0.5) is 17.1 Å². The molecule has 0 aliphatic rings. The fourth-order valence-electron chi connectivity index (χ4n) is 3.36. The molecule has 4 aromatic rings. The molecule has 0 saturated carbocycles. The molecule has 164 valence electrons. The predicted molar refractivity (Wildman–Crippen MR) is 134 cm³/mol. The Hall–Kier alpha value is -4.38. The maximum absolute atomic E-state index is 12.2. The van der Waals surface area contributed by atoms with Crippen molar-refractivity contribution in [1.82, 2.24) is 0 Å². The number of carbonyl (C=O) groups excluding carboxylic acids is 2. The third-order valence-corrected chi connectivity index (χ3v) is 5.17. The SMILES string of the molecule is O=C(Nc1ccc(CCNc2ccc(NC(=O)c3ccccc3)cc2)cc1)c1ccccc1. The van der Waals surface area contributed by atoms with Crippen molar-refractivity contribution in [1.29, 1.82) is 0 Å². The molecular formula is C28H25N3O2. The largest absolute Gasteiger partial charge is 0.385 e. The quantitative estimate of drug-likeness (QED) is 0.325. The highest BCUT2D eigenvalue weighted by Crippen LogP contribution is 2.16. The van der Waals surface area contributed by atoms with E-state index < -0.39 is 0 Å². The van der Waals surface area contributed by atoms with Gasteiger partial charge in [0.1, 0.15) is 0 Å². The van der Waals surface area contributed by atoms with Crippen LogP contribution in [0.15, 0.2) is 109 Å². The maximum Gasteiger partial charge on any atom is 0.255 e. The van der Waals surface area contributed by atoms with Gasteiger partial charge in [-0.15, -0.1) is 0 Å². The van der Waals surface area contributed by atoms with Gasteiger partial charge in [0, 0.05) is 34.7 Å². The molecule has 0 spiro atoms. The molecule has 3 N–H and O–H groups in total. The van der Waals surface area contributed by atoms with Gasteiger partial charge in [-0.2, -0.15) is 0 Å². The van der Waals surface area contributed by atoms with Crippen LogP contribution >= 0.6 is 0 Å². The Kier molecular flexibility index (Phi) is 7.13. The van der Waals surface area contributed by atoms with Gasteiger partial charge < -0.3 is 16.0 Å². The summed E-state index contributed by atoms with van der Waals surface area (Å²) in [6.45, 7) is 0.769. The van der Waals surface area contributed by atoms with Gasteiger partial charge in [0.15, 0.2) is 0 Å². The van der Waals surface area contributed by atoms with Crippen LogP contribution in [0, 0.1) is 0 Å². The lowest BCUT2D eigenvalue weighted by Gasteiger charge is -2.10. The van der Waals surface area contributed by atoms with Crippen LogP contribution in [-0.2, 0) is 6.42 Å². The molecule has 0 heterocycles. The molecule has 0 radical (unpaired) electrons. The molecule has 0 aromatic heterocycles. The summed E-state index contributed by atoms with van der Waals surface area (Å²) in [5, 5.41) is 9.20. The first-order chi connectivity index (χ1) is 16.2. The van der Waals surface area contributed by atoms with Crippen molar-refractivity contribution in [3.05, 3.63) is 126 Å². The van der Waals surface area contributed by atoms with E-state index in [1.807, 2.05) is 84.9 Å². The van der Waals surface area contributed by atoms with E-state index in [-0.39, 0.29) is 11.8 Å². The molecule has 4 rings (SSSR count). The van der Waals surface area contributed by atoms with Crippen molar-refractivity contribution >= 4 is 28.9 Å². The van der Waals surface area contributed by atoms with E-state index in [0.29, 0.717) is 11.1 Å². The highest BCUT2D eigenvalue weighted by atomic mass is 16.2. The molecule has 0 saturated heterocycles. The standard InChI is InChI=1S/C28H25N3O2/c32-27(22-7-3-1-4-8-22)30-25-13-11-21(12-14-25)19-20-29-24-15-17-26(18-16-24)31-28(33)23-9-5-2-6-10-23/h1-18,29H,19-20H2,(H,30,32)(H,31,33). The van der Waals surface area contributed by atoms with Gasteiger partial charge in [-0.25, -0.2) is 0 Å².